The maximum absolute atomic E-state index is 10.1. The van der Waals surface area contributed by atoms with Crippen LogP contribution in [0.25, 0.3) is 0 Å². The number of phenolic OH excluding ortho intramolecular Hbond substituents is 2. The molecule has 2 N–H and O–H groups in total. The second-order valence-corrected chi connectivity index (χ2v) is 8.11. The zero-order chi connectivity index (χ0) is 16.9. The van der Waals surface area contributed by atoms with Gasteiger partial charge in [-0.3, -0.25) is 4.90 Å². The van der Waals surface area contributed by atoms with E-state index in [9.17, 15) is 10.2 Å². The number of hydrogen-bond donors (Lipinski definition) is 2. The third-order valence-electron chi connectivity index (χ3n) is 5.89. The van der Waals surface area contributed by atoms with Gasteiger partial charge in [-0.15, -0.1) is 0 Å². The molecule has 0 radical (unpaired) electrons. The van der Waals surface area contributed by atoms with E-state index < -0.39 is 0 Å². The normalized spacial score (nSPS) is 22.7. The zero-order valence-corrected chi connectivity index (χ0v) is 15.4. The van der Waals surface area contributed by atoms with Gasteiger partial charge in [-0.2, -0.15) is 0 Å². The molecule has 1 heterocycles. The summed E-state index contributed by atoms with van der Waals surface area (Å²) in [6, 6.07) is 12.5. The van der Waals surface area contributed by atoms with Crippen LogP contribution in [-0.4, -0.2) is 28.7 Å². The molecular formula is C20H22BrNO2. The third-order valence-corrected chi connectivity index (χ3v) is 6.42. The molecule has 3 nitrogen and oxygen atoms in total. The van der Waals surface area contributed by atoms with Crippen molar-refractivity contribution in [3.05, 3.63) is 57.6 Å². The minimum Gasteiger partial charge on any atom is -0.504 e. The second kappa shape index (κ2) is 5.78. The first-order chi connectivity index (χ1) is 11.5. The Kier molecular flexibility index (Phi) is 3.85. The van der Waals surface area contributed by atoms with Gasteiger partial charge in [-0.05, 0) is 67.3 Å². The van der Waals surface area contributed by atoms with Crippen LogP contribution in [0.2, 0.25) is 0 Å². The van der Waals surface area contributed by atoms with Gasteiger partial charge in [0.2, 0.25) is 0 Å². The lowest BCUT2D eigenvalue weighted by molar-refractivity contribution is 0.0715. The molecule has 1 saturated carbocycles. The summed E-state index contributed by atoms with van der Waals surface area (Å²) in [6.45, 7) is 0.972. The van der Waals surface area contributed by atoms with E-state index >= 15 is 0 Å². The van der Waals surface area contributed by atoms with Crippen molar-refractivity contribution in [2.24, 2.45) is 0 Å². The highest BCUT2D eigenvalue weighted by Gasteiger charge is 2.49. The summed E-state index contributed by atoms with van der Waals surface area (Å²) in [5.74, 6) is -0.0253. The molecule has 1 aliphatic heterocycles. The van der Waals surface area contributed by atoms with Crippen molar-refractivity contribution in [1.82, 2.24) is 4.90 Å². The van der Waals surface area contributed by atoms with E-state index in [1.165, 1.54) is 17.5 Å². The third kappa shape index (κ3) is 2.35. The fraction of sp³-hybridized carbons (Fsp3) is 0.400. The van der Waals surface area contributed by atoms with E-state index in [-0.39, 0.29) is 23.0 Å². The van der Waals surface area contributed by atoms with E-state index in [2.05, 4.69) is 52.1 Å². The second-order valence-electron chi connectivity index (χ2n) is 7.19. The lowest BCUT2D eigenvalue weighted by Gasteiger charge is -2.53. The molecule has 1 atom stereocenters. The Labute approximate surface area is 151 Å². The molecule has 0 spiro atoms. The van der Waals surface area contributed by atoms with Gasteiger partial charge in [-0.1, -0.05) is 34.5 Å². The molecule has 1 unspecified atom stereocenters. The van der Waals surface area contributed by atoms with Crippen LogP contribution >= 0.6 is 15.9 Å². The number of benzene rings is 2. The van der Waals surface area contributed by atoms with E-state index in [0.717, 1.165) is 35.8 Å². The molecule has 0 bridgehead atoms. The number of likely N-dealkylation sites (N-methyl/N-ethyl adjacent to an activating group) is 1. The number of phenols is 2. The first-order valence-corrected chi connectivity index (χ1v) is 9.31. The van der Waals surface area contributed by atoms with Crippen LogP contribution in [0.3, 0.4) is 0 Å². The van der Waals surface area contributed by atoms with Crippen molar-refractivity contribution in [1.29, 1.82) is 0 Å². The van der Waals surface area contributed by atoms with Gasteiger partial charge in [0.15, 0.2) is 11.5 Å². The molecule has 2 aromatic rings. The molecule has 1 aliphatic carbocycles. The molecule has 126 valence electrons. The van der Waals surface area contributed by atoms with Crippen LogP contribution in [0.15, 0.2) is 40.9 Å². The van der Waals surface area contributed by atoms with Gasteiger partial charge in [0, 0.05) is 22.5 Å². The summed E-state index contributed by atoms with van der Waals surface area (Å²) in [7, 11) is 2.18. The molecule has 0 aromatic heterocycles. The van der Waals surface area contributed by atoms with E-state index in [4.69, 9.17) is 0 Å². The summed E-state index contributed by atoms with van der Waals surface area (Å²) in [5, 5.41) is 19.9. The molecule has 1 fully saturated rings. The Hall–Kier alpha value is -1.52. The Bertz CT molecular complexity index is 768. The SMILES string of the molecule is CN1CCc2cc(O)c(O)cc2C1C1(c2ccc(Br)cc2)CCC1. The van der Waals surface area contributed by atoms with Crippen LogP contribution in [-0.2, 0) is 11.8 Å². The number of hydrogen-bond acceptors (Lipinski definition) is 3. The minimum absolute atomic E-state index is 0.0108. The lowest BCUT2D eigenvalue weighted by Crippen LogP contribution is -2.49. The predicted molar refractivity (Wildman–Crippen MR) is 98.5 cm³/mol. The van der Waals surface area contributed by atoms with Crippen molar-refractivity contribution in [2.75, 3.05) is 13.6 Å². The highest BCUT2D eigenvalue weighted by atomic mass is 79.9. The van der Waals surface area contributed by atoms with Crippen LogP contribution in [0.1, 0.15) is 42.0 Å². The molecule has 0 saturated heterocycles. The van der Waals surface area contributed by atoms with Gasteiger partial charge in [0.25, 0.3) is 0 Å². The number of fused-ring (bicyclic) bond motifs is 1. The average Bonchev–Trinajstić information content (AvgIpc) is 2.52. The summed E-state index contributed by atoms with van der Waals surface area (Å²) in [5.41, 5.74) is 3.79. The van der Waals surface area contributed by atoms with Crippen molar-refractivity contribution >= 4 is 15.9 Å². The van der Waals surface area contributed by atoms with Crippen LogP contribution in [0.5, 0.6) is 11.5 Å². The Morgan fingerprint density at radius 2 is 1.75 bits per heavy atom. The molecule has 4 rings (SSSR count). The number of nitrogens with zero attached hydrogens (tertiary/aromatic N) is 1. The van der Waals surface area contributed by atoms with Crippen LogP contribution < -0.4 is 0 Å². The summed E-state index contributed by atoms with van der Waals surface area (Å²) in [6.07, 6.45) is 4.46. The first-order valence-electron chi connectivity index (χ1n) is 8.52. The highest BCUT2D eigenvalue weighted by molar-refractivity contribution is 9.10. The maximum Gasteiger partial charge on any atom is 0.157 e. The number of rotatable bonds is 2. The lowest BCUT2D eigenvalue weighted by atomic mass is 9.57. The van der Waals surface area contributed by atoms with Gasteiger partial charge >= 0.3 is 0 Å². The fourth-order valence-corrected chi connectivity index (χ4v) is 4.81. The summed E-state index contributed by atoms with van der Waals surface area (Å²) >= 11 is 3.53. The van der Waals surface area contributed by atoms with E-state index in [0.29, 0.717) is 0 Å². The van der Waals surface area contributed by atoms with E-state index in [1.807, 2.05) is 0 Å². The molecule has 24 heavy (non-hydrogen) atoms. The fourth-order valence-electron chi connectivity index (χ4n) is 4.55. The zero-order valence-electron chi connectivity index (χ0n) is 13.8. The molecule has 0 amide bonds. The Morgan fingerprint density at radius 3 is 2.38 bits per heavy atom. The van der Waals surface area contributed by atoms with Crippen molar-refractivity contribution in [3.63, 3.8) is 0 Å². The van der Waals surface area contributed by atoms with Gasteiger partial charge in [0.1, 0.15) is 0 Å². The minimum atomic E-state index is -0.0145. The largest absolute Gasteiger partial charge is 0.504 e. The average molecular weight is 388 g/mol. The summed E-state index contributed by atoms with van der Waals surface area (Å²) in [4.78, 5) is 2.42. The molecule has 4 heteroatoms. The van der Waals surface area contributed by atoms with Crippen molar-refractivity contribution in [3.8, 4) is 11.5 Å². The van der Waals surface area contributed by atoms with Gasteiger partial charge in [0.05, 0.1) is 0 Å². The Balaban J connectivity index is 1.85. The topological polar surface area (TPSA) is 43.7 Å². The smallest absolute Gasteiger partial charge is 0.157 e. The predicted octanol–water partition coefficient (Wildman–Crippen LogP) is 4.51. The molecule has 2 aliphatic rings. The van der Waals surface area contributed by atoms with Crippen molar-refractivity contribution < 1.29 is 10.2 Å². The standard InChI is InChI=1S/C20H22BrNO2/c1-22-10-7-13-11-17(23)18(24)12-16(13)19(22)20(8-2-9-20)14-3-5-15(21)6-4-14/h3-6,11-12,19,23-24H,2,7-10H2,1H3. The highest BCUT2D eigenvalue weighted by Crippen LogP contribution is 2.56. The quantitative estimate of drug-likeness (QED) is 0.744. The first kappa shape index (κ1) is 16.0. The Morgan fingerprint density at radius 1 is 1.08 bits per heavy atom. The van der Waals surface area contributed by atoms with Crippen molar-refractivity contribution in [2.45, 2.75) is 37.1 Å². The molecule has 2 aromatic carbocycles. The van der Waals surface area contributed by atoms with Crippen LogP contribution in [0, 0.1) is 0 Å². The molecular weight excluding hydrogens is 366 g/mol. The van der Waals surface area contributed by atoms with E-state index in [1.54, 1.807) is 12.1 Å². The van der Waals surface area contributed by atoms with Gasteiger partial charge < -0.3 is 10.2 Å². The monoisotopic (exact) mass is 387 g/mol. The maximum atomic E-state index is 10.1. The number of halogens is 1. The number of aromatic hydroxyl groups is 2. The van der Waals surface area contributed by atoms with Crippen LogP contribution in [0.4, 0.5) is 0 Å². The van der Waals surface area contributed by atoms with Gasteiger partial charge in [-0.25, -0.2) is 0 Å². The summed E-state index contributed by atoms with van der Waals surface area (Å²) < 4.78 is 1.10.